The maximum atomic E-state index is 12.2. The fourth-order valence-corrected chi connectivity index (χ4v) is 3.16. The van der Waals surface area contributed by atoms with E-state index in [0.29, 0.717) is 18.0 Å². The van der Waals surface area contributed by atoms with E-state index in [0.717, 1.165) is 22.4 Å². The number of carbonyl (C=O) groups is 1. The molecule has 0 aliphatic carbocycles. The highest BCUT2D eigenvalue weighted by atomic mass is 32.1. The van der Waals surface area contributed by atoms with Crippen LogP contribution in [0.5, 0.6) is 17.2 Å². The summed E-state index contributed by atoms with van der Waals surface area (Å²) in [6, 6.07) is 23.1. The van der Waals surface area contributed by atoms with Crippen molar-refractivity contribution in [3.05, 3.63) is 78.4 Å². The number of nitrogens with one attached hydrogen (secondary N) is 3. The van der Waals surface area contributed by atoms with Crippen molar-refractivity contribution in [2.24, 2.45) is 0 Å². The molecule has 0 radical (unpaired) electrons. The van der Waals surface area contributed by atoms with Crippen LogP contribution in [-0.4, -0.2) is 24.4 Å². The Morgan fingerprint density at radius 1 is 0.935 bits per heavy atom. The van der Waals surface area contributed by atoms with E-state index in [9.17, 15) is 4.79 Å². The molecule has 4 rings (SSSR count). The summed E-state index contributed by atoms with van der Waals surface area (Å²) in [5, 5.41) is 3.31. The molecule has 0 fully saturated rings. The Balaban J connectivity index is 1.22. The van der Waals surface area contributed by atoms with Gasteiger partial charge in [0.15, 0.2) is 23.2 Å². The highest BCUT2D eigenvalue weighted by Crippen LogP contribution is 2.32. The third-order valence-corrected chi connectivity index (χ3v) is 4.78. The molecular weight excluding hydrogens is 414 g/mol. The molecule has 0 unspecified atom stereocenters. The monoisotopic (exact) mass is 435 g/mol. The summed E-state index contributed by atoms with van der Waals surface area (Å²) in [6.45, 7) is 0.553. The summed E-state index contributed by atoms with van der Waals surface area (Å²) in [4.78, 5) is 12.2. The van der Waals surface area contributed by atoms with Gasteiger partial charge < -0.3 is 19.5 Å². The average Bonchev–Trinajstić information content (AvgIpc) is 3.29. The van der Waals surface area contributed by atoms with E-state index in [1.165, 1.54) is 0 Å². The average molecular weight is 436 g/mol. The van der Waals surface area contributed by atoms with Crippen molar-refractivity contribution in [2.45, 2.75) is 6.54 Å². The van der Waals surface area contributed by atoms with Crippen molar-refractivity contribution < 1.29 is 19.0 Å². The van der Waals surface area contributed by atoms with Crippen molar-refractivity contribution in [1.29, 1.82) is 0 Å². The molecule has 0 bridgehead atoms. The van der Waals surface area contributed by atoms with E-state index in [4.69, 9.17) is 26.4 Å². The van der Waals surface area contributed by atoms with Gasteiger partial charge in [-0.25, -0.2) is 0 Å². The molecule has 3 aromatic rings. The topological polar surface area (TPSA) is 80.9 Å². The van der Waals surface area contributed by atoms with E-state index in [1.807, 2.05) is 72.8 Å². The van der Waals surface area contributed by atoms with E-state index >= 15 is 0 Å². The lowest BCUT2D eigenvalue weighted by Gasteiger charge is -2.14. The molecule has 0 saturated heterocycles. The van der Waals surface area contributed by atoms with Gasteiger partial charge in [-0.15, -0.1) is 0 Å². The van der Waals surface area contributed by atoms with Crippen LogP contribution in [0.15, 0.2) is 72.8 Å². The van der Waals surface area contributed by atoms with E-state index < -0.39 is 0 Å². The summed E-state index contributed by atoms with van der Waals surface area (Å²) < 4.78 is 16.4. The van der Waals surface area contributed by atoms with Crippen LogP contribution in [0.1, 0.15) is 5.56 Å². The molecule has 1 heterocycles. The van der Waals surface area contributed by atoms with Crippen LogP contribution in [0.4, 0.5) is 0 Å². The number of ether oxygens (including phenoxy) is 3. The van der Waals surface area contributed by atoms with Crippen LogP contribution >= 0.6 is 12.2 Å². The second-order valence-corrected chi connectivity index (χ2v) is 7.10. The summed E-state index contributed by atoms with van der Waals surface area (Å²) in [6.07, 6.45) is 0. The van der Waals surface area contributed by atoms with Crippen LogP contribution in [0, 0.1) is 0 Å². The third kappa shape index (κ3) is 5.43. The summed E-state index contributed by atoms with van der Waals surface area (Å²) in [7, 11) is 0. The van der Waals surface area contributed by atoms with Gasteiger partial charge in [-0.3, -0.25) is 15.6 Å². The predicted octanol–water partition coefficient (Wildman–Crippen LogP) is 3.16. The Morgan fingerprint density at radius 2 is 1.71 bits per heavy atom. The van der Waals surface area contributed by atoms with Crippen molar-refractivity contribution in [3.8, 4) is 28.4 Å². The maximum Gasteiger partial charge on any atom is 0.276 e. The first-order valence-corrected chi connectivity index (χ1v) is 10.1. The van der Waals surface area contributed by atoms with Crippen LogP contribution in [-0.2, 0) is 11.3 Å². The molecule has 7 nitrogen and oxygen atoms in total. The second kappa shape index (κ2) is 9.82. The van der Waals surface area contributed by atoms with Gasteiger partial charge in [-0.1, -0.05) is 54.6 Å². The van der Waals surface area contributed by atoms with Crippen LogP contribution < -0.4 is 30.4 Å². The van der Waals surface area contributed by atoms with Crippen molar-refractivity contribution in [2.75, 3.05) is 13.4 Å². The van der Waals surface area contributed by atoms with Crippen LogP contribution in [0.2, 0.25) is 0 Å². The second-order valence-electron chi connectivity index (χ2n) is 6.69. The number of amides is 1. The molecule has 0 spiro atoms. The van der Waals surface area contributed by atoms with Gasteiger partial charge in [0.2, 0.25) is 6.79 Å². The third-order valence-electron chi connectivity index (χ3n) is 4.54. The zero-order chi connectivity index (χ0) is 21.5. The standard InChI is InChI=1S/C23H21N3O4S/c27-22(14-28-19-9-5-4-8-18(19)17-6-2-1-3-7-17)25-26-23(31)24-13-16-10-11-20-21(12-16)30-15-29-20/h1-12H,13-15H2,(H,25,27)(H2,24,26,31). The van der Waals surface area contributed by atoms with Crippen LogP contribution in [0.3, 0.4) is 0 Å². The van der Waals surface area contributed by atoms with Crippen LogP contribution in [0.25, 0.3) is 11.1 Å². The van der Waals surface area contributed by atoms with E-state index in [2.05, 4.69) is 16.2 Å². The Morgan fingerprint density at radius 3 is 2.58 bits per heavy atom. The van der Waals surface area contributed by atoms with Gasteiger partial charge in [-0.05, 0) is 41.5 Å². The minimum Gasteiger partial charge on any atom is -0.483 e. The molecule has 0 saturated carbocycles. The molecule has 3 N–H and O–H groups in total. The SMILES string of the molecule is O=C(COc1ccccc1-c1ccccc1)NNC(=S)NCc1ccc2c(c1)OCO2. The molecule has 158 valence electrons. The van der Waals surface area contributed by atoms with Gasteiger partial charge >= 0.3 is 0 Å². The Labute approximate surface area is 185 Å². The predicted molar refractivity (Wildman–Crippen MR) is 121 cm³/mol. The van der Waals surface area contributed by atoms with Gasteiger partial charge in [-0.2, -0.15) is 0 Å². The molecule has 1 amide bonds. The molecule has 0 aromatic heterocycles. The zero-order valence-electron chi connectivity index (χ0n) is 16.6. The van der Waals surface area contributed by atoms with Crippen molar-refractivity contribution in [1.82, 2.24) is 16.2 Å². The highest BCUT2D eigenvalue weighted by Gasteiger charge is 2.13. The van der Waals surface area contributed by atoms with Gasteiger partial charge in [0.1, 0.15) is 5.75 Å². The van der Waals surface area contributed by atoms with Crippen molar-refractivity contribution in [3.63, 3.8) is 0 Å². The number of benzene rings is 3. The number of hydrazine groups is 1. The van der Waals surface area contributed by atoms with Gasteiger partial charge in [0.25, 0.3) is 5.91 Å². The van der Waals surface area contributed by atoms with E-state index in [1.54, 1.807) is 0 Å². The van der Waals surface area contributed by atoms with E-state index in [-0.39, 0.29) is 24.4 Å². The largest absolute Gasteiger partial charge is 0.483 e. The lowest BCUT2D eigenvalue weighted by Crippen LogP contribution is -2.48. The number of para-hydroxylation sites is 1. The van der Waals surface area contributed by atoms with Crippen molar-refractivity contribution >= 4 is 23.2 Å². The lowest BCUT2D eigenvalue weighted by atomic mass is 10.1. The fraction of sp³-hybridized carbons (Fsp3) is 0.130. The summed E-state index contributed by atoms with van der Waals surface area (Å²) >= 11 is 5.20. The highest BCUT2D eigenvalue weighted by molar-refractivity contribution is 7.80. The number of hydrogen-bond acceptors (Lipinski definition) is 5. The van der Waals surface area contributed by atoms with Gasteiger partial charge in [0.05, 0.1) is 0 Å². The molecular formula is C23H21N3O4S. The molecule has 31 heavy (non-hydrogen) atoms. The number of fused-ring (bicyclic) bond motifs is 1. The molecule has 0 atom stereocenters. The molecule has 8 heteroatoms. The summed E-state index contributed by atoms with van der Waals surface area (Å²) in [5.74, 6) is 1.72. The summed E-state index contributed by atoms with van der Waals surface area (Å²) in [5.41, 5.74) is 8.11. The Kier molecular flexibility index (Phi) is 6.49. The minimum atomic E-state index is -0.352. The maximum absolute atomic E-state index is 12.2. The fourth-order valence-electron chi connectivity index (χ4n) is 3.03. The first-order valence-electron chi connectivity index (χ1n) is 9.67. The first-order chi connectivity index (χ1) is 15.2. The Bertz CT molecular complexity index is 1080. The normalized spacial score (nSPS) is 11.5. The van der Waals surface area contributed by atoms with Gasteiger partial charge in [0, 0.05) is 12.1 Å². The smallest absolute Gasteiger partial charge is 0.276 e. The quantitative estimate of drug-likeness (QED) is 0.405. The minimum absolute atomic E-state index is 0.151. The first kappa shape index (κ1) is 20.5. The number of hydrogen-bond donors (Lipinski definition) is 3. The molecule has 1 aliphatic heterocycles. The zero-order valence-corrected chi connectivity index (χ0v) is 17.4. The molecule has 3 aromatic carbocycles. The number of rotatable bonds is 6. The number of carbonyl (C=O) groups excluding carboxylic acids is 1. The molecule has 1 aliphatic rings. The Hall–Kier alpha value is -3.78. The lowest BCUT2D eigenvalue weighted by molar-refractivity contribution is -0.123. The number of thiocarbonyl (C=S) groups is 1.